The van der Waals surface area contributed by atoms with E-state index in [1.165, 1.54) is 0 Å². The Morgan fingerprint density at radius 2 is 2.10 bits per heavy atom. The molecule has 4 nitrogen and oxygen atoms in total. The first-order chi connectivity index (χ1) is 9.60. The van der Waals surface area contributed by atoms with Crippen molar-refractivity contribution in [1.29, 1.82) is 0 Å². The molecule has 2 aliphatic heterocycles. The summed E-state index contributed by atoms with van der Waals surface area (Å²) in [7, 11) is 0. The van der Waals surface area contributed by atoms with Gasteiger partial charge in [0, 0.05) is 17.4 Å². The summed E-state index contributed by atoms with van der Waals surface area (Å²) in [6, 6.07) is 5.83. The minimum atomic E-state index is -0.565. The summed E-state index contributed by atoms with van der Waals surface area (Å²) in [5.41, 5.74) is 1.79. The molecule has 1 aromatic rings. The molecule has 2 saturated heterocycles. The van der Waals surface area contributed by atoms with Gasteiger partial charge in [0.25, 0.3) is 5.91 Å². The molecule has 0 saturated carbocycles. The number of benzene rings is 1. The number of likely N-dealkylation sites (tertiary alicyclic amines) is 1. The monoisotopic (exact) mass is 339 g/mol. The van der Waals surface area contributed by atoms with Crippen LogP contribution < -0.4 is 0 Å². The van der Waals surface area contributed by atoms with E-state index in [1.54, 1.807) is 0 Å². The predicted octanol–water partition coefficient (Wildman–Crippen LogP) is 2.74. The molecule has 1 aromatic carbocycles. The first-order valence-corrected chi connectivity index (χ1v) is 7.72. The number of carbonyl (C=O) groups excluding carboxylic acids is 1. The molecule has 2 fully saturated rings. The second-order valence-electron chi connectivity index (χ2n) is 5.42. The van der Waals surface area contributed by atoms with Crippen LogP contribution in [0, 0.1) is 6.92 Å². The summed E-state index contributed by atoms with van der Waals surface area (Å²) in [6.45, 7) is 4.51. The SMILES string of the molecule is Cc1ccc(Br)c(C(=O)N2CCCC3(C2)OCCO3)c1. The Bertz CT molecular complexity index is 526. The molecule has 0 unspecified atom stereocenters. The molecule has 2 heterocycles. The van der Waals surface area contributed by atoms with Crippen LogP contribution >= 0.6 is 15.9 Å². The third-order valence-electron chi connectivity index (χ3n) is 3.87. The standard InChI is InChI=1S/C15H18BrNO3/c1-11-3-4-13(16)12(9-11)14(18)17-6-2-5-15(10-17)19-7-8-20-15/h3-4,9H,2,5-8,10H2,1H3. The number of rotatable bonds is 1. The second kappa shape index (κ2) is 5.47. The summed E-state index contributed by atoms with van der Waals surface area (Å²) in [5.74, 6) is -0.525. The van der Waals surface area contributed by atoms with Gasteiger partial charge in [0.05, 0.1) is 25.3 Å². The summed E-state index contributed by atoms with van der Waals surface area (Å²) in [5, 5.41) is 0. The molecular formula is C15H18BrNO3. The van der Waals surface area contributed by atoms with Crippen LogP contribution in [0.4, 0.5) is 0 Å². The maximum absolute atomic E-state index is 12.7. The Kier molecular flexibility index (Phi) is 3.84. The Morgan fingerprint density at radius 3 is 2.85 bits per heavy atom. The van der Waals surface area contributed by atoms with E-state index >= 15 is 0 Å². The van der Waals surface area contributed by atoms with Crippen molar-refractivity contribution in [3.63, 3.8) is 0 Å². The fourth-order valence-electron chi connectivity index (χ4n) is 2.87. The topological polar surface area (TPSA) is 38.8 Å². The van der Waals surface area contributed by atoms with Gasteiger partial charge in [0.2, 0.25) is 0 Å². The van der Waals surface area contributed by atoms with Crippen molar-refractivity contribution < 1.29 is 14.3 Å². The molecule has 0 radical (unpaired) electrons. The first-order valence-electron chi connectivity index (χ1n) is 6.93. The molecule has 0 atom stereocenters. The Labute approximate surface area is 127 Å². The van der Waals surface area contributed by atoms with Crippen LogP contribution in [-0.2, 0) is 9.47 Å². The molecule has 1 spiro atoms. The van der Waals surface area contributed by atoms with Crippen LogP contribution in [0.15, 0.2) is 22.7 Å². The van der Waals surface area contributed by atoms with Crippen LogP contribution in [0.25, 0.3) is 0 Å². The van der Waals surface area contributed by atoms with Gasteiger partial charge in [-0.1, -0.05) is 11.6 Å². The molecule has 108 valence electrons. The fraction of sp³-hybridized carbons (Fsp3) is 0.533. The number of carbonyl (C=O) groups is 1. The van der Waals surface area contributed by atoms with Gasteiger partial charge in [-0.3, -0.25) is 4.79 Å². The summed E-state index contributed by atoms with van der Waals surface area (Å²) in [6.07, 6.45) is 1.78. The van der Waals surface area contributed by atoms with Crippen LogP contribution in [0.2, 0.25) is 0 Å². The zero-order valence-electron chi connectivity index (χ0n) is 11.5. The molecular weight excluding hydrogens is 322 g/mol. The summed E-state index contributed by atoms with van der Waals surface area (Å²) >= 11 is 3.46. The highest BCUT2D eigenvalue weighted by atomic mass is 79.9. The third-order valence-corrected chi connectivity index (χ3v) is 4.56. The van der Waals surface area contributed by atoms with Gasteiger partial charge in [0.1, 0.15) is 0 Å². The lowest BCUT2D eigenvalue weighted by molar-refractivity contribution is -0.183. The Balaban J connectivity index is 1.81. The van der Waals surface area contributed by atoms with E-state index in [1.807, 2.05) is 30.0 Å². The van der Waals surface area contributed by atoms with E-state index < -0.39 is 5.79 Å². The molecule has 1 amide bonds. The maximum atomic E-state index is 12.7. The highest BCUT2D eigenvalue weighted by Gasteiger charge is 2.42. The van der Waals surface area contributed by atoms with Crippen molar-refractivity contribution in [2.24, 2.45) is 0 Å². The van der Waals surface area contributed by atoms with Gasteiger partial charge in [-0.15, -0.1) is 0 Å². The number of piperidine rings is 1. The molecule has 0 bridgehead atoms. The molecule has 5 heteroatoms. The van der Waals surface area contributed by atoms with E-state index in [9.17, 15) is 4.79 Å². The molecule has 0 aliphatic carbocycles. The van der Waals surface area contributed by atoms with Crippen molar-refractivity contribution in [2.45, 2.75) is 25.6 Å². The van der Waals surface area contributed by atoms with Gasteiger partial charge < -0.3 is 14.4 Å². The lowest BCUT2D eigenvalue weighted by Crippen LogP contribution is -2.51. The van der Waals surface area contributed by atoms with Gasteiger partial charge in [-0.05, 0) is 41.4 Å². The smallest absolute Gasteiger partial charge is 0.255 e. The van der Waals surface area contributed by atoms with Crippen LogP contribution in [0.1, 0.15) is 28.8 Å². The van der Waals surface area contributed by atoms with Crippen molar-refractivity contribution >= 4 is 21.8 Å². The third kappa shape index (κ3) is 2.62. The number of aryl methyl sites for hydroxylation is 1. The van der Waals surface area contributed by atoms with E-state index in [0.29, 0.717) is 25.3 Å². The zero-order chi connectivity index (χ0) is 14.2. The molecule has 3 rings (SSSR count). The van der Waals surface area contributed by atoms with E-state index in [-0.39, 0.29) is 5.91 Å². The number of hydrogen-bond acceptors (Lipinski definition) is 3. The van der Waals surface area contributed by atoms with Crippen LogP contribution in [0.3, 0.4) is 0 Å². The van der Waals surface area contributed by atoms with Gasteiger partial charge in [-0.25, -0.2) is 0 Å². The average molecular weight is 340 g/mol. The van der Waals surface area contributed by atoms with Gasteiger partial charge in [-0.2, -0.15) is 0 Å². The van der Waals surface area contributed by atoms with Gasteiger partial charge in [0.15, 0.2) is 5.79 Å². The number of hydrogen-bond donors (Lipinski definition) is 0. The maximum Gasteiger partial charge on any atom is 0.255 e. The van der Waals surface area contributed by atoms with Crippen LogP contribution in [-0.4, -0.2) is 42.9 Å². The number of halogens is 1. The van der Waals surface area contributed by atoms with Gasteiger partial charge >= 0.3 is 0 Å². The van der Waals surface area contributed by atoms with Crippen LogP contribution in [0.5, 0.6) is 0 Å². The highest BCUT2D eigenvalue weighted by Crippen LogP contribution is 2.31. The van der Waals surface area contributed by atoms with Crippen molar-refractivity contribution in [3.8, 4) is 0 Å². The van der Waals surface area contributed by atoms with Crippen molar-refractivity contribution in [3.05, 3.63) is 33.8 Å². The Morgan fingerprint density at radius 1 is 1.35 bits per heavy atom. The quantitative estimate of drug-likeness (QED) is 0.789. The first kappa shape index (κ1) is 14.0. The normalized spacial score (nSPS) is 21.4. The fourth-order valence-corrected chi connectivity index (χ4v) is 3.28. The summed E-state index contributed by atoms with van der Waals surface area (Å²) < 4.78 is 12.3. The predicted molar refractivity (Wildman–Crippen MR) is 78.7 cm³/mol. The van der Waals surface area contributed by atoms with E-state index in [0.717, 1.165) is 29.4 Å². The lowest BCUT2D eigenvalue weighted by atomic mass is 10.0. The van der Waals surface area contributed by atoms with E-state index in [2.05, 4.69) is 15.9 Å². The minimum absolute atomic E-state index is 0.0405. The summed E-state index contributed by atoms with van der Waals surface area (Å²) in [4.78, 5) is 14.5. The lowest BCUT2D eigenvalue weighted by Gasteiger charge is -2.38. The second-order valence-corrected chi connectivity index (χ2v) is 6.28. The highest BCUT2D eigenvalue weighted by molar-refractivity contribution is 9.10. The molecule has 2 aliphatic rings. The number of ether oxygens (including phenoxy) is 2. The number of amides is 1. The van der Waals surface area contributed by atoms with E-state index in [4.69, 9.17) is 9.47 Å². The Hall–Kier alpha value is -0.910. The minimum Gasteiger partial charge on any atom is -0.346 e. The largest absolute Gasteiger partial charge is 0.346 e. The molecule has 0 N–H and O–H groups in total. The number of nitrogens with zero attached hydrogens (tertiary/aromatic N) is 1. The average Bonchev–Trinajstić information content (AvgIpc) is 2.88. The molecule has 20 heavy (non-hydrogen) atoms. The van der Waals surface area contributed by atoms with Crippen molar-refractivity contribution in [1.82, 2.24) is 4.90 Å². The van der Waals surface area contributed by atoms with Crippen molar-refractivity contribution in [2.75, 3.05) is 26.3 Å². The zero-order valence-corrected chi connectivity index (χ0v) is 13.1. The molecule has 0 aromatic heterocycles.